The van der Waals surface area contributed by atoms with E-state index in [2.05, 4.69) is 5.32 Å². The first-order valence-electron chi connectivity index (χ1n) is 10.5. The van der Waals surface area contributed by atoms with Crippen molar-refractivity contribution in [2.75, 3.05) is 19.8 Å². The van der Waals surface area contributed by atoms with E-state index in [1.165, 1.54) is 6.42 Å². The number of carbonyl (C=O) groups is 2. The van der Waals surface area contributed by atoms with Gasteiger partial charge < -0.3 is 19.5 Å². The first kappa shape index (κ1) is 19.1. The number of rotatable bonds is 5. The predicted octanol–water partition coefficient (Wildman–Crippen LogP) is 3.26. The van der Waals surface area contributed by atoms with Gasteiger partial charge in [0.05, 0.1) is 5.41 Å². The molecule has 0 bridgehead atoms. The highest BCUT2D eigenvalue weighted by Crippen LogP contribution is 2.45. The van der Waals surface area contributed by atoms with E-state index in [1.54, 1.807) is 0 Å². The molecule has 0 unspecified atom stereocenters. The Morgan fingerprint density at radius 2 is 1.71 bits per heavy atom. The number of nitrogens with one attached hydrogen (secondary N) is 1. The summed E-state index contributed by atoms with van der Waals surface area (Å²) < 4.78 is 16.8. The summed E-state index contributed by atoms with van der Waals surface area (Å²) >= 11 is 0. The van der Waals surface area contributed by atoms with Gasteiger partial charge in [0, 0.05) is 6.04 Å². The van der Waals surface area contributed by atoms with Crippen LogP contribution in [0.1, 0.15) is 63.4 Å². The highest BCUT2D eigenvalue weighted by Gasteiger charge is 2.45. The second-order valence-corrected chi connectivity index (χ2v) is 8.13. The summed E-state index contributed by atoms with van der Waals surface area (Å²) in [4.78, 5) is 25.3. The maximum absolute atomic E-state index is 13.1. The lowest BCUT2D eigenvalue weighted by molar-refractivity contribution is -0.154. The zero-order valence-corrected chi connectivity index (χ0v) is 16.3. The fraction of sp³-hybridized carbons (Fsp3) is 0.636. The van der Waals surface area contributed by atoms with Crippen molar-refractivity contribution in [3.05, 3.63) is 23.8 Å². The number of benzene rings is 1. The molecule has 4 rings (SSSR count). The SMILES string of the molecule is O=C(COC(=O)C1(c2ccc3c(c2)OCCO3)CCCC1)NC1CCCCC1. The van der Waals surface area contributed by atoms with Gasteiger partial charge in [-0.25, -0.2) is 0 Å². The van der Waals surface area contributed by atoms with Gasteiger partial charge in [-0.05, 0) is 43.4 Å². The van der Waals surface area contributed by atoms with Crippen molar-refractivity contribution < 1.29 is 23.8 Å². The Balaban J connectivity index is 1.42. The molecule has 1 N–H and O–H groups in total. The van der Waals surface area contributed by atoms with Crippen molar-refractivity contribution in [1.29, 1.82) is 0 Å². The second kappa shape index (κ2) is 8.41. The summed E-state index contributed by atoms with van der Waals surface area (Å²) in [6.07, 6.45) is 8.97. The molecule has 1 amide bonds. The van der Waals surface area contributed by atoms with Gasteiger partial charge in [0.2, 0.25) is 0 Å². The van der Waals surface area contributed by atoms with E-state index in [-0.39, 0.29) is 24.5 Å². The molecule has 2 fully saturated rings. The largest absolute Gasteiger partial charge is 0.486 e. The Kier molecular flexibility index (Phi) is 5.74. The van der Waals surface area contributed by atoms with Gasteiger partial charge in [0.1, 0.15) is 13.2 Å². The van der Waals surface area contributed by atoms with Crippen LogP contribution in [-0.2, 0) is 19.7 Å². The Bertz CT molecular complexity index is 720. The summed E-state index contributed by atoms with van der Waals surface area (Å²) in [5.41, 5.74) is 0.202. The molecular weight excluding hydrogens is 358 g/mol. The standard InChI is InChI=1S/C22H29NO5/c24-20(23-17-6-2-1-3-7-17)15-28-21(25)22(10-4-5-11-22)16-8-9-18-19(14-16)27-13-12-26-18/h8-9,14,17H,1-7,10-13,15H2,(H,23,24). The maximum Gasteiger partial charge on any atom is 0.317 e. The quantitative estimate of drug-likeness (QED) is 0.785. The zero-order chi connectivity index (χ0) is 19.4. The molecule has 1 aromatic rings. The van der Waals surface area contributed by atoms with Crippen molar-refractivity contribution in [3.63, 3.8) is 0 Å². The molecule has 0 saturated heterocycles. The maximum atomic E-state index is 13.1. The number of hydrogen-bond donors (Lipinski definition) is 1. The molecule has 3 aliphatic rings. The van der Waals surface area contributed by atoms with Crippen molar-refractivity contribution in [2.45, 2.75) is 69.2 Å². The van der Waals surface area contributed by atoms with E-state index >= 15 is 0 Å². The van der Waals surface area contributed by atoms with Crippen LogP contribution in [0.15, 0.2) is 18.2 Å². The molecule has 0 atom stereocenters. The van der Waals surface area contributed by atoms with Crippen LogP contribution in [0.5, 0.6) is 11.5 Å². The minimum absolute atomic E-state index is 0.199. The molecule has 0 spiro atoms. The van der Waals surface area contributed by atoms with Gasteiger partial charge in [0.15, 0.2) is 18.1 Å². The predicted molar refractivity (Wildman–Crippen MR) is 104 cm³/mol. The summed E-state index contributed by atoms with van der Waals surface area (Å²) in [5.74, 6) is 0.886. The van der Waals surface area contributed by atoms with Gasteiger partial charge >= 0.3 is 5.97 Å². The highest BCUT2D eigenvalue weighted by molar-refractivity contribution is 5.87. The Morgan fingerprint density at radius 3 is 2.46 bits per heavy atom. The molecule has 0 radical (unpaired) electrons. The topological polar surface area (TPSA) is 73.9 Å². The number of esters is 1. The molecular formula is C22H29NO5. The zero-order valence-electron chi connectivity index (χ0n) is 16.3. The molecule has 1 aliphatic heterocycles. The Morgan fingerprint density at radius 1 is 1.00 bits per heavy atom. The van der Waals surface area contributed by atoms with Crippen molar-refractivity contribution in [2.24, 2.45) is 0 Å². The van der Waals surface area contributed by atoms with Crippen molar-refractivity contribution in [1.82, 2.24) is 5.32 Å². The monoisotopic (exact) mass is 387 g/mol. The van der Waals surface area contributed by atoms with E-state index < -0.39 is 5.41 Å². The smallest absolute Gasteiger partial charge is 0.317 e. The van der Waals surface area contributed by atoms with Gasteiger partial charge in [-0.15, -0.1) is 0 Å². The lowest BCUT2D eigenvalue weighted by atomic mass is 9.78. The van der Waals surface area contributed by atoms with Gasteiger partial charge in [-0.2, -0.15) is 0 Å². The second-order valence-electron chi connectivity index (χ2n) is 8.13. The first-order valence-corrected chi connectivity index (χ1v) is 10.5. The number of fused-ring (bicyclic) bond motifs is 1. The van der Waals surface area contributed by atoms with Gasteiger partial charge in [-0.3, -0.25) is 9.59 Å². The van der Waals surface area contributed by atoms with E-state index in [4.69, 9.17) is 14.2 Å². The fourth-order valence-electron chi connectivity index (χ4n) is 4.72. The molecule has 1 heterocycles. The molecule has 6 heteroatoms. The van der Waals surface area contributed by atoms with Crippen LogP contribution in [-0.4, -0.2) is 37.7 Å². The number of hydrogen-bond acceptors (Lipinski definition) is 5. The van der Waals surface area contributed by atoms with Crippen LogP contribution >= 0.6 is 0 Å². The minimum Gasteiger partial charge on any atom is -0.486 e. The Hall–Kier alpha value is -2.24. The van der Waals surface area contributed by atoms with Crippen LogP contribution in [0.2, 0.25) is 0 Å². The van der Waals surface area contributed by atoms with Gasteiger partial charge in [-0.1, -0.05) is 38.2 Å². The molecule has 28 heavy (non-hydrogen) atoms. The molecule has 0 aromatic heterocycles. The molecule has 1 aromatic carbocycles. The van der Waals surface area contributed by atoms with Crippen LogP contribution < -0.4 is 14.8 Å². The summed E-state index contributed by atoms with van der Waals surface area (Å²) in [7, 11) is 0. The molecule has 152 valence electrons. The third-order valence-electron chi connectivity index (χ3n) is 6.25. The average Bonchev–Trinajstić information content (AvgIpc) is 3.24. The number of amides is 1. The van der Waals surface area contributed by atoms with E-state index in [9.17, 15) is 9.59 Å². The summed E-state index contributed by atoms with van der Waals surface area (Å²) in [6.45, 7) is 0.840. The molecule has 2 saturated carbocycles. The fourth-order valence-corrected chi connectivity index (χ4v) is 4.72. The van der Waals surface area contributed by atoms with Crippen LogP contribution in [0.3, 0.4) is 0 Å². The summed E-state index contributed by atoms with van der Waals surface area (Å²) in [6, 6.07) is 5.93. The average molecular weight is 387 g/mol. The molecule has 6 nitrogen and oxygen atoms in total. The lowest BCUT2D eigenvalue weighted by Gasteiger charge is -2.29. The Labute approximate surface area is 165 Å². The minimum atomic E-state index is -0.693. The number of carbonyl (C=O) groups excluding carboxylic acids is 2. The normalized spacial score (nSPS) is 21.1. The van der Waals surface area contributed by atoms with E-state index in [0.29, 0.717) is 24.7 Å². The third kappa shape index (κ3) is 3.96. The van der Waals surface area contributed by atoms with Crippen molar-refractivity contribution >= 4 is 11.9 Å². The van der Waals surface area contributed by atoms with E-state index in [0.717, 1.165) is 56.9 Å². The third-order valence-corrected chi connectivity index (χ3v) is 6.25. The van der Waals surface area contributed by atoms with E-state index in [1.807, 2.05) is 18.2 Å². The number of ether oxygens (including phenoxy) is 3. The van der Waals surface area contributed by atoms with Crippen LogP contribution in [0, 0.1) is 0 Å². The first-order chi connectivity index (χ1) is 13.7. The summed E-state index contributed by atoms with van der Waals surface area (Å²) in [5, 5.41) is 3.01. The van der Waals surface area contributed by atoms with Crippen LogP contribution in [0.4, 0.5) is 0 Å². The molecule has 2 aliphatic carbocycles. The van der Waals surface area contributed by atoms with Crippen LogP contribution in [0.25, 0.3) is 0 Å². The van der Waals surface area contributed by atoms with Gasteiger partial charge in [0.25, 0.3) is 5.91 Å². The van der Waals surface area contributed by atoms with Crippen molar-refractivity contribution in [3.8, 4) is 11.5 Å². The lowest BCUT2D eigenvalue weighted by Crippen LogP contribution is -2.41. The highest BCUT2D eigenvalue weighted by atomic mass is 16.6.